The van der Waals surface area contributed by atoms with E-state index in [0.717, 1.165) is 25.7 Å². The number of hydrogen-bond acceptors (Lipinski definition) is 2. The number of rotatable bonds is 10. The summed E-state index contributed by atoms with van der Waals surface area (Å²) in [6.45, 7) is 4.30. The first-order valence-electron chi connectivity index (χ1n) is 6.03. The Bertz CT molecular complexity index is 152. The zero-order chi connectivity index (χ0) is 11.5. The van der Waals surface area contributed by atoms with Crippen LogP contribution in [0.3, 0.4) is 0 Å². The standard InChI is InChI=1S/C11H23O3P/c1-3-5-7-9-11(14-15(12)13)10-8-6-4-2/h11H,3-10H2,1-2H3/p+1. The van der Waals surface area contributed by atoms with Crippen molar-refractivity contribution in [3.63, 3.8) is 0 Å². The molecule has 0 aliphatic carbocycles. The normalized spacial score (nSPS) is 12.1. The summed E-state index contributed by atoms with van der Waals surface area (Å²) in [7, 11) is -2.43. The van der Waals surface area contributed by atoms with E-state index in [-0.39, 0.29) is 6.10 Å². The highest BCUT2D eigenvalue weighted by molar-refractivity contribution is 7.32. The number of unbranched alkanes of at least 4 members (excludes halogenated alkanes) is 4. The molecule has 0 saturated carbocycles. The topological polar surface area (TPSA) is 46.5 Å². The lowest BCUT2D eigenvalue weighted by Gasteiger charge is -2.09. The highest BCUT2D eigenvalue weighted by Gasteiger charge is 2.21. The van der Waals surface area contributed by atoms with Gasteiger partial charge in [-0.2, -0.15) is 0 Å². The van der Waals surface area contributed by atoms with E-state index in [2.05, 4.69) is 13.8 Å². The van der Waals surface area contributed by atoms with Gasteiger partial charge in [0.2, 0.25) is 0 Å². The molecule has 0 aromatic heterocycles. The van der Waals surface area contributed by atoms with Crippen molar-refractivity contribution < 1.29 is 14.0 Å². The molecule has 0 spiro atoms. The number of hydrogen-bond donors (Lipinski definition) is 1. The van der Waals surface area contributed by atoms with E-state index >= 15 is 0 Å². The molecule has 0 saturated heterocycles. The molecule has 0 aromatic rings. The third kappa shape index (κ3) is 10.3. The third-order valence-electron chi connectivity index (χ3n) is 2.50. The summed E-state index contributed by atoms with van der Waals surface area (Å²) < 4.78 is 15.6. The smallest absolute Gasteiger partial charge is 0.133 e. The van der Waals surface area contributed by atoms with Gasteiger partial charge in [-0.05, 0) is 12.8 Å². The zero-order valence-electron chi connectivity index (χ0n) is 9.95. The van der Waals surface area contributed by atoms with Gasteiger partial charge in [0.25, 0.3) is 0 Å². The lowest BCUT2D eigenvalue weighted by Crippen LogP contribution is -2.09. The molecule has 1 N–H and O–H groups in total. The van der Waals surface area contributed by atoms with Gasteiger partial charge < -0.3 is 0 Å². The lowest BCUT2D eigenvalue weighted by atomic mass is 10.0. The Hall–Kier alpha value is 0.0200. The Labute approximate surface area is 94.2 Å². The van der Waals surface area contributed by atoms with Crippen LogP contribution in [0.25, 0.3) is 0 Å². The van der Waals surface area contributed by atoms with Crippen molar-refractivity contribution in [1.82, 2.24) is 0 Å². The third-order valence-corrected chi connectivity index (χ3v) is 2.98. The first-order chi connectivity index (χ1) is 7.20. The molecule has 0 bridgehead atoms. The zero-order valence-corrected chi connectivity index (χ0v) is 10.8. The molecule has 90 valence electrons. The SMILES string of the molecule is CCCCCC(CCCCC)O[P+](=O)O. The first kappa shape index (κ1) is 15.0. The van der Waals surface area contributed by atoms with Crippen LogP contribution in [-0.2, 0) is 9.09 Å². The minimum Gasteiger partial charge on any atom is -0.133 e. The average molecular weight is 235 g/mol. The van der Waals surface area contributed by atoms with E-state index in [0.29, 0.717) is 0 Å². The Kier molecular flexibility index (Phi) is 10.5. The Morgan fingerprint density at radius 3 is 1.87 bits per heavy atom. The maximum absolute atomic E-state index is 10.6. The van der Waals surface area contributed by atoms with Crippen molar-refractivity contribution in [3.05, 3.63) is 0 Å². The van der Waals surface area contributed by atoms with E-state index in [4.69, 9.17) is 9.42 Å². The fourth-order valence-corrected chi connectivity index (χ4v) is 2.09. The van der Waals surface area contributed by atoms with Crippen LogP contribution in [-0.4, -0.2) is 11.0 Å². The molecule has 0 aliphatic rings. The Morgan fingerprint density at radius 1 is 1.07 bits per heavy atom. The summed E-state index contributed by atoms with van der Waals surface area (Å²) in [5.41, 5.74) is 0. The van der Waals surface area contributed by atoms with Crippen molar-refractivity contribution in [3.8, 4) is 0 Å². The van der Waals surface area contributed by atoms with Gasteiger partial charge in [-0.1, -0.05) is 52.4 Å². The summed E-state index contributed by atoms with van der Waals surface area (Å²) in [5, 5.41) is 0. The Morgan fingerprint density at radius 2 is 1.53 bits per heavy atom. The molecule has 1 atom stereocenters. The van der Waals surface area contributed by atoms with E-state index in [1.54, 1.807) is 0 Å². The van der Waals surface area contributed by atoms with Crippen LogP contribution >= 0.6 is 8.25 Å². The highest BCUT2D eigenvalue weighted by atomic mass is 31.1. The van der Waals surface area contributed by atoms with Gasteiger partial charge in [-0.3, -0.25) is 0 Å². The summed E-state index contributed by atoms with van der Waals surface area (Å²) in [5.74, 6) is 0. The van der Waals surface area contributed by atoms with Crippen molar-refractivity contribution >= 4 is 8.25 Å². The summed E-state index contributed by atoms with van der Waals surface area (Å²) in [6, 6.07) is 0. The van der Waals surface area contributed by atoms with Crippen LogP contribution in [0.15, 0.2) is 0 Å². The van der Waals surface area contributed by atoms with Crippen molar-refractivity contribution in [2.24, 2.45) is 0 Å². The van der Waals surface area contributed by atoms with E-state index in [9.17, 15) is 4.57 Å². The van der Waals surface area contributed by atoms with Crippen LogP contribution in [0.2, 0.25) is 0 Å². The maximum Gasteiger partial charge on any atom is 0.694 e. The second-order valence-electron chi connectivity index (χ2n) is 3.96. The molecule has 0 amide bonds. The van der Waals surface area contributed by atoms with E-state index < -0.39 is 8.25 Å². The predicted octanol–water partition coefficient (Wildman–Crippen LogP) is 4.18. The molecule has 0 rings (SSSR count). The van der Waals surface area contributed by atoms with Gasteiger partial charge in [-0.25, -0.2) is 0 Å². The molecule has 0 fully saturated rings. The second kappa shape index (κ2) is 10.5. The second-order valence-corrected chi connectivity index (χ2v) is 4.64. The maximum atomic E-state index is 10.6. The van der Waals surface area contributed by atoms with Crippen LogP contribution in [0.4, 0.5) is 0 Å². The van der Waals surface area contributed by atoms with Gasteiger partial charge in [0, 0.05) is 4.57 Å². The quantitative estimate of drug-likeness (QED) is 0.456. The van der Waals surface area contributed by atoms with Crippen molar-refractivity contribution in [2.75, 3.05) is 0 Å². The molecular formula is C11H24O3P+. The summed E-state index contributed by atoms with van der Waals surface area (Å²) in [6.07, 6.45) is 8.70. The van der Waals surface area contributed by atoms with Crippen molar-refractivity contribution in [2.45, 2.75) is 71.3 Å². The van der Waals surface area contributed by atoms with E-state index in [1.807, 2.05) is 0 Å². The first-order valence-corrected chi connectivity index (χ1v) is 7.16. The molecule has 0 heterocycles. The molecular weight excluding hydrogens is 211 g/mol. The highest BCUT2D eigenvalue weighted by Crippen LogP contribution is 2.24. The monoisotopic (exact) mass is 235 g/mol. The molecule has 4 heteroatoms. The fraction of sp³-hybridized carbons (Fsp3) is 1.00. The van der Waals surface area contributed by atoms with Crippen LogP contribution in [0.5, 0.6) is 0 Å². The molecule has 0 aliphatic heterocycles. The van der Waals surface area contributed by atoms with Gasteiger partial charge in [0.15, 0.2) is 0 Å². The molecule has 3 nitrogen and oxygen atoms in total. The van der Waals surface area contributed by atoms with Gasteiger partial charge in [0.1, 0.15) is 6.10 Å². The Balaban J connectivity index is 3.68. The van der Waals surface area contributed by atoms with Crippen molar-refractivity contribution in [1.29, 1.82) is 0 Å². The average Bonchev–Trinajstić information content (AvgIpc) is 2.17. The molecule has 0 radical (unpaired) electrons. The van der Waals surface area contributed by atoms with Crippen LogP contribution in [0, 0.1) is 0 Å². The molecule has 15 heavy (non-hydrogen) atoms. The van der Waals surface area contributed by atoms with Crippen LogP contribution < -0.4 is 0 Å². The summed E-state index contributed by atoms with van der Waals surface area (Å²) >= 11 is 0. The van der Waals surface area contributed by atoms with Crippen LogP contribution in [0.1, 0.15) is 65.2 Å². The summed E-state index contributed by atoms with van der Waals surface area (Å²) in [4.78, 5) is 8.72. The minimum atomic E-state index is -2.43. The molecule has 0 aromatic carbocycles. The minimum absolute atomic E-state index is 0.0169. The largest absolute Gasteiger partial charge is 0.694 e. The van der Waals surface area contributed by atoms with Gasteiger partial charge in [0.05, 0.1) is 0 Å². The lowest BCUT2D eigenvalue weighted by molar-refractivity contribution is 0.163. The van der Waals surface area contributed by atoms with Gasteiger partial charge in [-0.15, -0.1) is 9.42 Å². The predicted molar refractivity (Wildman–Crippen MR) is 63.0 cm³/mol. The van der Waals surface area contributed by atoms with E-state index in [1.165, 1.54) is 25.7 Å². The molecule has 1 unspecified atom stereocenters. The van der Waals surface area contributed by atoms with Gasteiger partial charge >= 0.3 is 8.25 Å². The fourth-order valence-electron chi connectivity index (χ4n) is 1.62.